The molecule has 4 nitrogen and oxygen atoms in total. The van der Waals surface area contributed by atoms with Gasteiger partial charge in [-0.25, -0.2) is 0 Å². The summed E-state index contributed by atoms with van der Waals surface area (Å²) < 4.78 is 11.6. The summed E-state index contributed by atoms with van der Waals surface area (Å²) in [5, 5.41) is 9.43. The minimum Gasteiger partial charge on any atom is -0.459 e. The molecule has 0 fully saturated rings. The van der Waals surface area contributed by atoms with Gasteiger partial charge < -0.3 is 14.6 Å². The number of esters is 1. The largest absolute Gasteiger partial charge is 0.459 e. The topological polar surface area (TPSA) is 55.8 Å². The van der Waals surface area contributed by atoms with Gasteiger partial charge in [-0.2, -0.15) is 0 Å². The molecule has 0 radical (unpaired) electrons. The maximum absolute atomic E-state index is 11.7. The first-order valence-electron chi connectivity index (χ1n) is 8.24. The van der Waals surface area contributed by atoms with E-state index in [-0.39, 0.29) is 35.4 Å². The number of hydrogen-bond acceptors (Lipinski definition) is 4. The lowest BCUT2D eigenvalue weighted by atomic mass is 9.68. The van der Waals surface area contributed by atoms with Gasteiger partial charge in [0.05, 0.1) is 18.1 Å². The minimum atomic E-state index is -0.538. The van der Waals surface area contributed by atoms with Gasteiger partial charge in [-0.15, -0.1) is 0 Å². The van der Waals surface area contributed by atoms with Crippen LogP contribution in [0, 0.1) is 17.3 Å². The van der Waals surface area contributed by atoms with Crippen molar-refractivity contribution in [3.8, 4) is 0 Å². The third-order valence-corrected chi connectivity index (χ3v) is 5.07. The lowest BCUT2D eigenvalue weighted by Gasteiger charge is -2.45. The number of hydrogen-bond donors (Lipinski definition) is 1. The molecule has 0 spiro atoms. The minimum absolute atomic E-state index is 0.124. The van der Waals surface area contributed by atoms with Crippen molar-refractivity contribution in [3.05, 3.63) is 0 Å². The van der Waals surface area contributed by atoms with Crippen molar-refractivity contribution < 1.29 is 19.4 Å². The normalized spacial score (nSPS) is 15.0. The van der Waals surface area contributed by atoms with Crippen molar-refractivity contribution in [1.29, 1.82) is 0 Å². The Kier molecular flexibility index (Phi) is 7.56. The lowest BCUT2D eigenvalue weighted by molar-refractivity contribution is -0.166. The summed E-state index contributed by atoms with van der Waals surface area (Å²) >= 11 is 0. The van der Waals surface area contributed by atoms with Gasteiger partial charge >= 0.3 is 5.97 Å². The molecule has 0 aromatic carbocycles. The Balaban J connectivity index is 4.58. The van der Waals surface area contributed by atoms with Crippen molar-refractivity contribution in [2.45, 2.75) is 79.9 Å². The first-order valence-corrected chi connectivity index (χ1v) is 8.24. The van der Waals surface area contributed by atoms with Crippen LogP contribution in [0.4, 0.5) is 0 Å². The second-order valence-electron chi connectivity index (χ2n) is 8.25. The molecule has 0 saturated heterocycles. The van der Waals surface area contributed by atoms with Gasteiger partial charge in [0.1, 0.15) is 5.60 Å². The average molecular weight is 316 g/mol. The SMILES string of the molecule is CC(C)C(=O)OC(C)(C)CCOC(C)(C)C(C)(C)C(C)CO. The van der Waals surface area contributed by atoms with Crippen LogP contribution in [0.5, 0.6) is 0 Å². The van der Waals surface area contributed by atoms with Crippen molar-refractivity contribution in [2.24, 2.45) is 17.3 Å². The zero-order valence-electron chi connectivity index (χ0n) is 15.9. The summed E-state index contributed by atoms with van der Waals surface area (Å²) in [5.74, 6) is -0.172. The quantitative estimate of drug-likeness (QED) is 0.657. The van der Waals surface area contributed by atoms with Gasteiger partial charge in [-0.3, -0.25) is 4.79 Å². The van der Waals surface area contributed by atoms with Crippen LogP contribution >= 0.6 is 0 Å². The predicted molar refractivity (Wildman–Crippen MR) is 89.7 cm³/mol. The molecule has 0 heterocycles. The molecule has 22 heavy (non-hydrogen) atoms. The van der Waals surface area contributed by atoms with Crippen molar-refractivity contribution in [1.82, 2.24) is 0 Å². The van der Waals surface area contributed by atoms with E-state index in [1.807, 2.05) is 48.5 Å². The molecule has 0 rings (SSSR count). The van der Waals surface area contributed by atoms with E-state index in [0.29, 0.717) is 13.0 Å². The molecule has 1 atom stereocenters. The van der Waals surface area contributed by atoms with Gasteiger partial charge in [0, 0.05) is 13.0 Å². The molecule has 0 aliphatic heterocycles. The van der Waals surface area contributed by atoms with Gasteiger partial charge in [-0.05, 0) is 39.0 Å². The van der Waals surface area contributed by atoms with Crippen LogP contribution in [0.3, 0.4) is 0 Å². The number of aliphatic hydroxyl groups excluding tert-OH is 1. The molecule has 0 amide bonds. The lowest BCUT2D eigenvalue weighted by Crippen LogP contribution is -2.47. The third-order valence-electron chi connectivity index (χ3n) is 5.07. The standard InChI is InChI=1S/C18H36O4/c1-13(2)15(20)22-16(4,5)10-11-21-18(8,9)17(6,7)14(3)12-19/h13-14,19H,10-12H2,1-9H3. The van der Waals surface area contributed by atoms with E-state index in [4.69, 9.17) is 9.47 Å². The summed E-state index contributed by atoms with van der Waals surface area (Å²) in [7, 11) is 0. The smallest absolute Gasteiger partial charge is 0.308 e. The van der Waals surface area contributed by atoms with Crippen LogP contribution in [0.2, 0.25) is 0 Å². The second kappa shape index (κ2) is 7.78. The molecule has 0 aromatic rings. The average Bonchev–Trinajstić information content (AvgIpc) is 2.35. The van der Waals surface area contributed by atoms with E-state index in [1.54, 1.807) is 0 Å². The summed E-state index contributed by atoms with van der Waals surface area (Å²) in [6, 6.07) is 0. The van der Waals surface area contributed by atoms with Crippen LogP contribution < -0.4 is 0 Å². The Labute approximate surface area is 136 Å². The third kappa shape index (κ3) is 5.88. The van der Waals surface area contributed by atoms with Gasteiger partial charge in [0.25, 0.3) is 0 Å². The molecule has 4 heteroatoms. The van der Waals surface area contributed by atoms with E-state index >= 15 is 0 Å². The van der Waals surface area contributed by atoms with Gasteiger partial charge in [0.15, 0.2) is 0 Å². The van der Waals surface area contributed by atoms with E-state index in [2.05, 4.69) is 13.8 Å². The molecule has 1 N–H and O–H groups in total. The molecule has 0 bridgehead atoms. The van der Waals surface area contributed by atoms with Crippen molar-refractivity contribution in [3.63, 3.8) is 0 Å². The maximum atomic E-state index is 11.7. The Morgan fingerprint density at radius 1 is 1.05 bits per heavy atom. The fourth-order valence-electron chi connectivity index (χ4n) is 2.00. The highest BCUT2D eigenvalue weighted by Gasteiger charge is 2.42. The second-order valence-corrected chi connectivity index (χ2v) is 8.25. The molecule has 0 aromatic heterocycles. The highest BCUT2D eigenvalue weighted by molar-refractivity contribution is 5.71. The fourth-order valence-corrected chi connectivity index (χ4v) is 2.00. The maximum Gasteiger partial charge on any atom is 0.308 e. The highest BCUT2D eigenvalue weighted by atomic mass is 16.6. The molecule has 0 aliphatic carbocycles. The first kappa shape index (κ1) is 21.4. The summed E-state index contributed by atoms with van der Waals surface area (Å²) in [5.41, 5.74) is -1.09. The molecule has 0 aliphatic rings. The number of carbonyl (C=O) groups excluding carboxylic acids is 1. The van der Waals surface area contributed by atoms with E-state index < -0.39 is 5.60 Å². The Morgan fingerprint density at radius 2 is 1.55 bits per heavy atom. The molecule has 1 unspecified atom stereocenters. The van der Waals surface area contributed by atoms with E-state index in [9.17, 15) is 9.90 Å². The summed E-state index contributed by atoms with van der Waals surface area (Å²) in [6.07, 6.45) is 0.637. The molecule has 132 valence electrons. The van der Waals surface area contributed by atoms with Gasteiger partial charge in [-0.1, -0.05) is 34.6 Å². The number of aliphatic hydroxyl groups is 1. The zero-order chi connectivity index (χ0) is 17.8. The summed E-state index contributed by atoms with van der Waals surface area (Å²) in [4.78, 5) is 11.7. The summed E-state index contributed by atoms with van der Waals surface area (Å²) in [6.45, 7) is 18.5. The van der Waals surface area contributed by atoms with E-state index in [0.717, 1.165) is 0 Å². The van der Waals surface area contributed by atoms with Crippen molar-refractivity contribution in [2.75, 3.05) is 13.2 Å². The Hall–Kier alpha value is -0.610. The van der Waals surface area contributed by atoms with Crippen LogP contribution in [0.25, 0.3) is 0 Å². The number of carbonyl (C=O) groups is 1. The van der Waals surface area contributed by atoms with Crippen LogP contribution in [-0.2, 0) is 14.3 Å². The van der Waals surface area contributed by atoms with Crippen molar-refractivity contribution >= 4 is 5.97 Å². The zero-order valence-corrected chi connectivity index (χ0v) is 15.9. The molecular formula is C18H36O4. The fraction of sp³-hybridized carbons (Fsp3) is 0.944. The predicted octanol–water partition coefficient (Wildman–Crippen LogP) is 3.80. The molecule has 0 saturated carbocycles. The van der Waals surface area contributed by atoms with Crippen LogP contribution in [-0.4, -0.2) is 35.5 Å². The molecular weight excluding hydrogens is 280 g/mol. The first-order chi connectivity index (χ1) is 9.77. The Bertz CT molecular complexity index is 356. The Morgan fingerprint density at radius 3 is 1.95 bits per heavy atom. The van der Waals surface area contributed by atoms with Gasteiger partial charge in [0.2, 0.25) is 0 Å². The van der Waals surface area contributed by atoms with E-state index in [1.165, 1.54) is 0 Å². The number of rotatable bonds is 9. The number of ether oxygens (including phenoxy) is 2. The highest BCUT2D eigenvalue weighted by Crippen LogP contribution is 2.40. The monoisotopic (exact) mass is 316 g/mol. The van der Waals surface area contributed by atoms with Crippen LogP contribution in [0.1, 0.15) is 68.7 Å². The van der Waals surface area contributed by atoms with Crippen LogP contribution in [0.15, 0.2) is 0 Å².